The first-order valence-electron chi connectivity index (χ1n) is 10.8. The van der Waals surface area contributed by atoms with E-state index in [4.69, 9.17) is 30.5 Å². The molecule has 1 aromatic carbocycles. The third kappa shape index (κ3) is 5.89. The average molecular weight is 475 g/mol. The predicted molar refractivity (Wildman–Crippen MR) is 125 cm³/mol. The van der Waals surface area contributed by atoms with E-state index in [9.17, 15) is 0 Å². The quantitative estimate of drug-likeness (QED) is 0.496. The van der Waals surface area contributed by atoms with Gasteiger partial charge in [-0.05, 0) is 13.8 Å². The Bertz CT molecular complexity index is 1090. The van der Waals surface area contributed by atoms with Crippen molar-refractivity contribution in [2.75, 3.05) is 51.9 Å². The highest BCUT2D eigenvalue weighted by molar-refractivity contribution is 6.31. The zero-order valence-electron chi connectivity index (χ0n) is 18.9. The highest BCUT2D eigenvalue weighted by Crippen LogP contribution is 2.36. The van der Waals surface area contributed by atoms with Crippen LogP contribution < -0.4 is 19.5 Å². The minimum absolute atomic E-state index is 0.0648. The number of hydrogen-bond acceptors (Lipinski definition) is 10. The summed E-state index contributed by atoms with van der Waals surface area (Å²) in [7, 11) is 1.51. The molecule has 33 heavy (non-hydrogen) atoms. The summed E-state index contributed by atoms with van der Waals surface area (Å²) in [5.74, 6) is 2.40. The van der Waals surface area contributed by atoms with Crippen molar-refractivity contribution >= 4 is 34.1 Å². The van der Waals surface area contributed by atoms with Crippen LogP contribution >= 0.6 is 11.6 Å². The van der Waals surface area contributed by atoms with Crippen molar-refractivity contribution < 1.29 is 18.9 Å². The molecular formula is C22H27ClN6O4. The van der Waals surface area contributed by atoms with Gasteiger partial charge in [0.25, 0.3) is 0 Å². The lowest BCUT2D eigenvalue weighted by Gasteiger charge is -2.26. The summed E-state index contributed by atoms with van der Waals surface area (Å²) in [5, 5.41) is 4.01. The number of morpholine rings is 1. The van der Waals surface area contributed by atoms with Gasteiger partial charge in [-0.2, -0.15) is 4.98 Å². The highest BCUT2D eigenvalue weighted by Gasteiger charge is 2.17. The summed E-state index contributed by atoms with van der Waals surface area (Å²) in [5.41, 5.74) is 0.666. The summed E-state index contributed by atoms with van der Waals surface area (Å²) in [6, 6.07) is 3.72. The summed E-state index contributed by atoms with van der Waals surface area (Å²) in [4.78, 5) is 19.6. The van der Waals surface area contributed by atoms with Crippen molar-refractivity contribution in [2.45, 2.75) is 20.0 Å². The Balaban J connectivity index is 1.62. The van der Waals surface area contributed by atoms with Crippen molar-refractivity contribution in [1.82, 2.24) is 24.8 Å². The molecule has 0 atom stereocenters. The fraction of sp³-hybridized carbons (Fsp3) is 0.455. The SMILES string of the molecule is COc1cnc(Cl)c(Nc2ncnc3cc(OCCN4CCOCC4)cc(OC(C)C)c23)n1. The van der Waals surface area contributed by atoms with Crippen LogP contribution in [0.25, 0.3) is 10.9 Å². The van der Waals surface area contributed by atoms with Crippen LogP contribution in [0, 0.1) is 0 Å². The molecule has 0 unspecified atom stereocenters. The van der Waals surface area contributed by atoms with E-state index < -0.39 is 0 Å². The number of rotatable bonds is 9. The maximum atomic E-state index is 6.23. The molecule has 0 saturated carbocycles. The lowest BCUT2D eigenvalue weighted by molar-refractivity contribution is 0.0322. The van der Waals surface area contributed by atoms with Crippen LogP contribution in [-0.4, -0.2) is 77.5 Å². The predicted octanol–water partition coefficient (Wildman–Crippen LogP) is 3.32. The molecule has 1 aliphatic rings. The third-order valence-corrected chi connectivity index (χ3v) is 5.25. The number of nitrogens with one attached hydrogen (secondary N) is 1. The van der Waals surface area contributed by atoms with Gasteiger partial charge in [-0.25, -0.2) is 15.0 Å². The second-order valence-electron chi connectivity index (χ2n) is 7.68. The molecule has 0 amide bonds. The number of anilines is 2. The Hall–Kier alpha value is -2.95. The number of methoxy groups -OCH3 is 1. The van der Waals surface area contributed by atoms with E-state index in [-0.39, 0.29) is 11.3 Å². The molecule has 0 radical (unpaired) electrons. The molecule has 3 aromatic rings. The Morgan fingerprint density at radius 2 is 1.97 bits per heavy atom. The molecule has 0 bridgehead atoms. The van der Waals surface area contributed by atoms with E-state index in [1.54, 1.807) is 0 Å². The number of fused-ring (bicyclic) bond motifs is 1. The second-order valence-corrected chi connectivity index (χ2v) is 8.04. The average Bonchev–Trinajstić information content (AvgIpc) is 2.81. The summed E-state index contributed by atoms with van der Waals surface area (Å²) < 4.78 is 22.7. The van der Waals surface area contributed by atoms with Crippen molar-refractivity contribution in [1.29, 1.82) is 0 Å². The number of halogens is 1. The first-order valence-corrected chi connectivity index (χ1v) is 11.1. The molecule has 1 aliphatic heterocycles. The van der Waals surface area contributed by atoms with Gasteiger partial charge >= 0.3 is 0 Å². The van der Waals surface area contributed by atoms with E-state index in [0.29, 0.717) is 46.5 Å². The first kappa shape index (κ1) is 23.2. The lowest BCUT2D eigenvalue weighted by Crippen LogP contribution is -2.38. The van der Waals surface area contributed by atoms with Crippen molar-refractivity contribution in [3.63, 3.8) is 0 Å². The minimum Gasteiger partial charge on any atom is -0.492 e. The van der Waals surface area contributed by atoms with Crippen LogP contribution in [0.4, 0.5) is 11.6 Å². The van der Waals surface area contributed by atoms with E-state index in [1.807, 2.05) is 26.0 Å². The molecule has 3 heterocycles. The van der Waals surface area contributed by atoms with Crippen LogP contribution in [0.5, 0.6) is 17.4 Å². The first-order chi connectivity index (χ1) is 16.0. The summed E-state index contributed by atoms with van der Waals surface area (Å²) >= 11 is 6.23. The zero-order valence-corrected chi connectivity index (χ0v) is 19.6. The molecule has 1 saturated heterocycles. The van der Waals surface area contributed by atoms with Gasteiger partial charge in [0, 0.05) is 31.8 Å². The number of hydrogen-bond donors (Lipinski definition) is 1. The van der Waals surface area contributed by atoms with Crippen LogP contribution in [-0.2, 0) is 4.74 Å². The van der Waals surface area contributed by atoms with Gasteiger partial charge in [0.05, 0.1) is 43.5 Å². The van der Waals surface area contributed by atoms with Crippen LogP contribution in [0.15, 0.2) is 24.7 Å². The summed E-state index contributed by atoms with van der Waals surface area (Å²) in [6.45, 7) is 8.65. The van der Waals surface area contributed by atoms with E-state index in [1.165, 1.54) is 19.6 Å². The van der Waals surface area contributed by atoms with Crippen LogP contribution in [0.2, 0.25) is 5.15 Å². The van der Waals surface area contributed by atoms with Crippen molar-refractivity contribution in [3.05, 3.63) is 29.8 Å². The lowest BCUT2D eigenvalue weighted by atomic mass is 10.2. The number of nitrogens with zero attached hydrogens (tertiary/aromatic N) is 5. The minimum atomic E-state index is -0.0648. The van der Waals surface area contributed by atoms with Crippen molar-refractivity contribution in [2.24, 2.45) is 0 Å². The Labute approximate surface area is 197 Å². The molecule has 4 rings (SSSR count). The number of benzene rings is 1. The van der Waals surface area contributed by atoms with Crippen LogP contribution in [0.1, 0.15) is 13.8 Å². The van der Waals surface area contributed by atoms with Crippen LogP contribution in [0.3, 0.4) is 0 Å². The number of ether oxygens (including phenoxy) is 4. The largest absolute Gasteiger partial charge is 0.492 e. The van der Waals surface area contributed by atoms with E-state index in [0.717, 1.165) is 32.8 Å². The topological polar surface area (TPSA) is 104 Å². The molecule has 0 aliphatic carbocycles. The molecule has 1 fully saturated rings. The summed E-state index contributed by atoms with van der Waals surface area (Å²) in [6.07, 6.45) is 2.84. The molecular weight excluding hydrogens is 448 g/mol. The number of aromatic nitrogens is 4. The standard InChI is InChI=1S/C22H27ClN6O4/c1-14(2)33-17-11-15(32-9-6-29-4-7-31-8-5-29)10-16-19(17)21(26-13-25-16)28-22-20(23)24-12-18(27-22)30-3/h10-14H,4-9H2,1-3H3,(H,25,26,27,28). The van der Waals surface area contributed by atoms with Gasteiger partial charge in [0.1, 0.15) is 30.3 Å². The van der Waals surface area contributed by atoms with Gasteiger partial charge in [0.15, 0.2) is 11.0 Å². The van der Waals surface area contributed by atoms with E-state index >= 15 is 0 Å². The second kappa shape index (κ2) is 10.8. The maximum absolute atomic E-state index is 6.23. The Morgan fingerprint density at radius 3 is 2.73 bits per heavy atom. The van der Waals surface area contributed by atoms with Gasteiger partial charge in [-0.3, -0.25) is 4.90 Å². The Morgan fingerprint density at radius 1 is 1.15 bits per heavy atom. The Kier molecular flexibility index (Phi) is 7.58. The maximum Gasteiger partial charge on any atom is 0.234 e. The van der Waals surface area contributed by atoms with Crippen molar-refractivity contribution in [3.8, 4) is 17.4 Å². The fourth-order valence-corrected chi connectivity index (χ4v) is 3.56. The van der Waals surface area contributed by atoms with Gasteiger partial charge < -0.3 is 24.3 Å². The van der Waals surface area contributed by atoms with E-state index in [2.05, 4.69) is 30.2 Å². The molecule has 10 nitrogen and oxygen atoms in total. The molecule has 0 spiro atoms. The molecule has 1 N–H and O–H groups in total. The molecule has 2 aromatic heterocycles. The van der Waals surface area contributed by atoms with Gasteiger partial charge in [-0.1, -0.05) is 11.6 Å². The zero-order chi connectivity index (χ0) is 23.2. The smallest absolute Gasteiger partial charge is 0.234 e. The molecule has 176 valence electrons. The third-order valence-electron chi connectivity index (χ3n) is 4.97. The molecule has 11 heteroatoms. The highest BCUT2D eigenvalue weighted by atomic mass is 35.5. The monoisotopic (exact) mass is 474 g/mol. The fourth-order valence-electron chi connectivity index (χ4n) is 3.42. The van der Waals surface area contributed by atoms with Gasteiger partial charge in [0.2, 0.25) is 5.88 Å². The normalized spacial score (nSPS) is 14.5. The van der Waals surface area contributed by atoms with Gasteiger partial charge in [-0.15, -0.1) is 0 Å².